The number of hydrogen-bond acceptors (Lipinski definition) is 3. The van der Waals surface area contributed by atoms with Crippen molar-refractivity contribution in [3.8, 4) is 0 Å². The maximum atomic E-state index is 5.71. The van der Waals surface area contributed by atoms with Gasteiger partial charge in [0.2, 0.25) is 0 Å². The number of hydrogen-bond donors (Lipinski definition) is 1. The molecule has 134 valence electrons. The number of ether oxygens (including phenoxy) is 1. The van der Waals surface area contributed by atoms with Gasteiger partial charge in [0.1, 0.15) is 0 Å². The molecule has 5 heteroatoms. The Morgan fingerprint density at radius 3 is 2.57 bits per heavy atom. The zero-order valence-electron chi connectivity index (χ0n) is 15.6. The third-order valence-electron chi connectivity index (χ3n) is 4.85. The Kier molecular flexibility index (Phi) is 7.63. The maximum Gasteiger partial charge on any atom is 0.193 e. The second kappa shape index (κ2) is 9.48. The van der Waals surface area contributed by atoms with Gasteiger partial charge < -0.3 is 19.9 Å². The lowest BCUT2D eigenvalue weighted by Crippen LogP contribution is -2.46. The van der Waals surface area contributed by atoms with Crippen molar-refractivity contribution in [2.45, 2.75) is 33.1 Å². The van der Waals surface area contributed by atoms with Crippen LogP contribution in [0.25, 0.3) is 0 Å². The van der Waals surface area contributed by atoms with Crippen LogP contribution in [0.2, 0.25) is 0 Å². The molecule has 2 rings (SSSR count). The summed E-state index contributed by atoms with van der Waals surface area (Å²) in [6.07, 6.45) is 4.08. The largest absolute Gasteiger partial charge is 0.379 e. The molecule has 1 saturated heterocycles. The Balaban J connectivity index is 1.59. The van der Waals surface area contributed by atoms with Crippen LogP contribution < -0.4 is 5.32 Å². The Labute approximate surface area is 142 Å². The summed E-state index contributed by atoms with van der Waals surface area (Å²) >= 11 is 0. The number of piperidine rings is 1. The van der Waals surface area contributed by atoms with E-state index in [1.807, 2.05) is 7.05 Å². The van der Waals surface area contributed by atoms with Gasteiger partial charge in [-0.15, -0.1) is 0 Å². The summed E-state index contributed by atoms with van der Waals surface area (Å²) < 4.78 is 5.71. The van der Waals surface area contributed by atoms with Gasteiger partial charge in [0, 0.05) is 53.4 Å². The molecular weight excluding hydrogens is 288 g/mol. The Morgan fingerprint density at radius 2 is 1.96 bits per heavy atom. The second-order valence-corrected chi connectivity index (χ2v) is 7.62. The van der Waals surface area contributed by atoms with Gasteiger partial charge in [-0.3, -0.25) is 4.99 Å². The van der Waals surface area contributed by atoms with E-state index >= 15 is 0 Å². The van der Waals surface area contributed by atoms with Crippen molar-refractivity contribution in [1.82, 2.24) is 15.1 Å². The van der Waals surface area contributed by atoms with Crippen LogP contribution in [0.1, 0.15) is 33.1 Å². The van der Waals surface area contributed by atoms with Crippen molar-refractivity contribution < 1.29 is 4.74 Å². The van der Waals surface area contributed by atoms with Crippen LogP contribution in [-0.2, 0) is 4.74 Å². The number of likely N-dealkylation sites (N-methyl/N-ethyl adjacent to an activating group) is 1. The molecule has 0 spiro atoms. The summed E-state index contributed by atoms with van der Waals surface area (Å²) in [5.74, 6) is 3.46. The summed E-state index contributed by atoms with van der Waals surface area (Å²) in [5, 5.41) is 3.49. The molecule has 2 unspecified atom stereocenters. The van der Waals surface area contributed by atoms with E-state index in [0.717, 1.165) is 56.6 Å². The number of aliphatic imine (C=N–C) groups is 1. The van der Waals surface area contributed by atoms with Gasteiger partial charge in [0.25, 0.3) is 0 Å². The second-order valence-electron chi connectivity index (χ2n) is 7.62. The fraction of sp³-hybridized carbons (Fsp3) is 0.944. The summed E-state index contributed by atoms with van der Waals surface area (Å²) in [6.45, 7) is 11.9. The van der Waals surface area contributed by atoms with E-state index in [0.29, 0.717) is 0 Å². The van der Waals surface area contributed by atoms with Crippen LogP contribution in [0.4, 0.5) is 0 Å². The molecule has 0 radical (unpaired) electrons. The molecule has 0 bridgehead atoms. The summed E-state index contributed by atoms with van der Waals surface area (Å²) in [6, 6.07) is 0. The van der Waals surface area contributed by atoms with Crippen molar-refractivity contribution in [2.24, 2.45) is 22.7 Å². The molecule has 1 N–H and O–H groups in total. The van der Waals surface area contributed by atoms with Gasteiger partial charge in [-0.1, -0.05) is 13.8 Å². The summed E-state index contributed by atoms with van der Waals surface area (Å²) in [5.41, 5.74) is 0. The van der Waals surface area contributed by atoms with Gasteiger partial charge in [0.05, 0.1) is 6.61 Å². The van der Waals surface area contributed by atoms with E-state index in [2.05, 4.69) is 41.0 Å². The lowest BCUT2D eigenvalue weighted by atomic mass is 9.92. The van der Waals surface area contributed by atoms with Gasteiger partial charge in [-0.2, -0.15) is 0 Å². The van der Waals surface area contributed by atoms with Crippen LogP contribution in [-0.4, -0.2) is 75.8 Å². The first-order valence-electron chi connectivity index (χ1n) is 9.30. The first-order valence-corrected chi connectivity index (χ1v) is 9.30. The zero-order chi connectivity index (χ0) is 16.7. The normalized spacial score (nSPS) is 26.3. The molecule has 2 fully saturated rings. The average Bonchev–Trinajstić information content (AvgIpc) is 3.31. The van der Waals surface area contributed by atoms with E-state index in [9.17, 15) is 0 Å². The topological polar surface area (TPSA) is 40.1 Å². The number of nitrogens with one attached hydrogen (secondary N) is 1. The molecule has 0 aromatic rings. The fourth-order valence-electron chi connectivity index (χ4n) is 3.53. The molecular formula is C18H36N4O. The van der Waals surface area contributed by atoms with E-state index in [1.165, 1.54) is 32.4 Å². The van der Waals surface area contributed by atoms with E-state index in [-0.39, 0.29) is 0 Å². The zero-order valence-corrected chi connectivity index (χ0v) is 15.6. The van der Waals surface area contributed by atoms with Gasteiger partial charge in [-0.05, 0) is 37.0 Å². The Hall–Kier alpha value is -0.810. The minimum Gasteiger partial charge on any atom is -0.379 e. The molecule has 1 heterocycles. The Morgan fingerprint density at radius 1 is 1.26 bits per heavy atom. The summed E-state index contributed by atoms with van der Waals surface area (Å²) in [7, 11) is 3.94. The lowest BCUT2D eigenvalue weighted by Gasteiger charge is -2.35. The molecule has 2 atom stereocenters. The highest BCUT2D eigenvalue weighted by Crippen LogP contribution is 2.28. The van der Waals surface area contributed by atoms with Gasteiger partial charge in [-0.25, -0.2) is 0 Å². The van der Waals surface area contributed by atoms with E-state index in [4.69, 9.17) is 4.74 Å². The minimum atomic E-state index is 0.787. The monoisotopic (exact) mass is 324 g/mol. The van der Waals surface area contributed by atoms with E-state index in [1.54, 1.807) is 0 Å². The molecule has 5 nitrogen and oxygen atoms in total. The number of likely N-dealkylation sites (tertiary alicyclic amines) is 1. The highest BCUT2D eigenvalue weighted by Gasteiger charge is 2.22. The van der Waals surface area contributed by atoms with Crippen LogP contribution in [0.15, 0.2) is 4.99 Å². The molecule has 0 aromatic carbocycles. The van der Waals surface area contributed by atoms with Crippen molar-refractivity contribution >= 4 is 5.96 Å². The fourth-order valence-corrected chi connectivity index (χ4v) is 3.53. The number of guanidine groups is 1. The third kappa shape index (κ3) is 7.08. The van der Waals surface area contributed by atoms with Crippen molar-refractivity contribution in [1.29, 1.82) is 0 Å². The predicted octanol–water partition coefficient (Wildman–Crippen LogP) is 1.90. The van der Waals surface area contributed by atoms with Gasteiger partial charge >= 0.3 is 0 Å². The maximum absolute atomic E-state index is 5.71. The van der Waals surface area contributed by atoms with E-state index < -0.39 is 0 Å². The molecule has 0 aromatic heterocycles. The van der Waals surface area contributed by atoms with Crippen LogP contribution in [0.5, 0.6) is 0 Å². The number of nitrogens with zero attached hydrogens (tertiary/aromatic N) is 3. The van der Waals surface area contributed by atoms with Crippen LogP contribution in [0.3, 0.4) is 0 Å². The molecule has 23 heavy (non-hydrogen) atoms. The molecule has 2 aliphatic rings. The van der Waals surface area contributed by atoms with Crippen molar-refractivity contribution in [2.75, 3.05) is 60.0 Å². The number of rotatable bonds is 8. The first-order chi connectivity index (χ1) is 11.1. The average molecular weight is 325 g/mol. The first kappa shape index (κ1) is 18.5. The van der Waals surface area contributed by atoms with Gasteiger partial charge in [0.15, 0.2) is 5.96 Å². The highest BCUT2D eigenvalue weighted by molar-refractivity contribution is 5.79. The standard InChI is InChI=1S/C18H36N4O/c1-15-11-16(2)13-22(12-15)8-7-20-18(19-3)21(4)9-10-23-14-17-5-6-17/h15-17H,5-14H2,1-4H3,(H,19,20). The molecule has 1 aliphatic carbocycles. The van der Waals surface area contributed by atoms with Crippen molar-refractivity contribution in [3.63, 3.8) is 0 Å². The van der Waals surface area contributed by atoms with Crippen LogP contribution >= 0.6 is 0 Å². The molecule has 0 amide bonds. The minimum absolute atomic E-state index is 0.787. The predicted molar refractivity (Wildman–Crippen MR) is 96.9 cm³/mol. The summed E-state index contributed by atoms with van der Waals surface area (Å²) in [4.78, 5) is 9.13. The smallest absolute Gasteiger partial charge is 0.193 e. The SMILES string of the molecule is CN=C(NCCN1CC(C)CC(C)C1)N(C)CCOCC1CC1. The van der Waals surface area contributed by atoms with Crippen molar-refractivity contribution in [3.05, 3.63) is 0 Å². The highest BCUT2D eigenvalue weighted by atomic mass is 16.5. The lowest BCUT2D eigenvalue weighted by molar-refractivity contribution is 0.115. The Bertz CT molecular complexity index is 360. The molecule has 1 saturated carbocycles. The van der Waals surface area contributed by atoms with Crippen LogP contribution in [0, 0.1) is 17.8 Å². The third-order valence-corrected chi connectivity index (χ3v) is 4.85. The molecule has 1 aliphatic heterocycles. The quantitative estimate of drug-likeness (QED) is 0.420.